The molecular formula is C23H16FN3OS. The lowest BCUT2D eigenvalue weighted by molar-refractivity contribution is -0.115. The summed E-state index contributed by atoms with van der Waals surface area (Å²) in [7, 11) is 0. The molecule has 1 amide bonds. The number of thiophene rings is 1. The molecule has 0 saturated heterocycles. The molecule has 2 heterocycles. The Morgan fingerprint density at radius 3 is 2.72 bits per heavy atom. The fourth-order valence-electron chi connectivity index (χ4n) is 3.46. The van der Waals surface area contributed by atoms with Crippen LogP contribution in [0, 0.1) is 5.82 Å². The molecule has 0 aliphatic carbocycles. The molecule has 0 bridgehead atoms. The van der Waals surface area contributed by atoms with Gasteiger partial charge in [-0.15, -0.1) is 11.3 Å². The smallest absolute Gasteiger partial charge is 0.229 e. The van der Waals surface area contributed by atoms with E-state index in [9.17, 15) is 9.18 Å². The third-order valence-electron chi connectivity index (χ3n) is 4.86. The van der Waals surface area contributed by atoms with Crippen molar-refractivity contribution in [2.24, 2.45) is 0 Å². The molecule has 5 aromatic rings. The predicted octanol–water partition coefficient (Wildman–Crippen LogP) is 5.76. The summed E-state index contributed by atoms with van der Waals surface area (Å²) in [5, 5.41) is 14.9. The second kappa shape index (κ2) is 7.14. The van der Waals surface area contributed by atoms with Crippen molar-refractivity contribution in [1.82, 2.24) is 10.2 Å². The number of hydrogen-bond donors (Lipinski definition) is 2. The van der Waals surface area contributed by atoms with Crippen molar-refractivity contribution >= 4 is 44.6 Å². The van der Waals surface area contributed by atoms with Crippen molar-refractivity contribution in [3.8, 4) is 11.3 Å². The number of carbonyl (C=O) groups excluding carboxylic acids is 1. The van der Waals surface area contributed by atoms with E-state index in [1.165, 1.54) is 17.4 Å². The Morgan fingerprint density at radius 1 is 1.03 bits per heavy atom. The minimum absolute atomic E-state index is 0.155. The van der Waals surface area contributed by atoms with Crippen LogP contribution in [0.5, 0.6) is 0 Å². The molecule has 5 rings (SSSR count). The highest BCUT2D eigenvalue weighted by atomic mass is 32.1. The van der Waals surface area contributed by atoms with Gasteiger partial charge in [0.2, 0.25) is 5.91 Å². The molecule has 6 heteroatoms. The van der Waals surface area contributed by atoms with E-state index in [1.54, 1.807) is 6.07 Å². The predicted molar refractivity (Wildman–Crippen MR) is 116 cm³/mol. The maximum absolute atomic E-state index is 14.5. The first kappa shape index (κ1) is 17.6. The number of benzene rings is 3. The Morgan fingerprint density at radius 2 is 1.90 bits per heavy atom. The summed E-state index contributed by atoms with van der Waals surface area (Å²) >= 11 is 1.50. The molecule has 0 spiro atoms. The van der Waals surface area contributed by atoms with E-state index >= 15 is 0 Å². The third-order valence-corrected chi connectivity index (χ3v) is 5.74. The second-order valence-electron chi connectivity index (χ2n) is 6.82. The van der Waals surface area contributed by atoms with Gasteiger partial charge in [-0.05, 0) is 34.4 Å². The minimum atomic E-state index is -0.495. The van der Waals surface area contributed by atoms with Gasteiger partial charge in [0.1, 0.15) is 5.82 Å². The quantitative estimate of drug-likeness (QED) is 0.402. The van der Waals surface area contributed by atoms with Gasteiger partial charge >= 0.3 is 0 Å². The van der Waals surface area contributed by atoms with Gasteiger partial charge in [0.25, 0.3) is 0 Å². The Kier molecular flexibility index (Phi) is 4.33. The highest BCUT2D eigenvalue weighted by Crippen LogP contribution is 2.32. The molecule has 0 unspecified atom stereocenters. The maximum atomic E-state index is 14.5. The van der Waals surface area contributed by atoms with E-state index in [0.717, 1.165) is 32.3 Å². The van der Waals surface area contributed by atoms with Crippen LogP contribution < -0.4 is 5.32 Å². The zero-order valence-electron chi connectivity index (χ0n) is 15.3. The minimum Gasteiger partial charge on any atom is -0.323 e. The molecule has 2 N–H and O–H groups in total. The SMILES string of the molecule is O=C(Cc1cccs1)Nc1cc2c(-c3ccc4ccccc4c3)n[nH]c2cc1F. The summed E-state index contributed by atoms with van der Waals surface area (Å²) in [5.41, 5.74) is 2.39. The summed E-state index contributed by atoms with van der Waals surface area (Å²) in [6.45, 7) is 0. The number of rotatable bonds is 4. The second-order valence-corrected chi connectivity index (χ2v) is 7.85. The molecule has 0 radical (unpaired) electrons. The first-order valence-corrected chi connectivity index (χ1v) is 10.0. The van der Waals surface area contributed by atoms with Crippen LogP contribution in [0.15, 0.2) is 72.1 Å². The van der Waals surface area contributed by atoms with Crippen LogP contribution in [0.3, 0.4) is 0 Å². The molecular weight excluding hydrogens is 385 g/mol. The number of nitrogens with one attached hydrogen (secondary N) is 2. The van der Waals surface area contributed by atoms with Gasteiger partial charge in [-0.1, -0.05) is 42.5 Å². The number of nitrogens with zero attached hydrogens (tertiary/aromatic N) is 1. The van der Waals surface area contributed by atoms with Crippen molar-refractivity contribution in [1.29, 1.82) is 0 Å². The maximum Gasteiger partial charge on any atom is 0.229 e. The normalized spacial score (nSPS) is 11.2. The van der Waals surface area contributed by atoms with Crippen molar-refractivity contribution < 1.29 is 9.18 Å². The number of halogens is 1. The van der Waals surface area contributed by atoms with E-state index in [-0.39, 0.29) is 18.0 Å². The standard InChI is InChI=1S/C23H16FN3OS/c24-19-13-20-18(12-21(19)25-22(28)11-17-6-3-9-29-17)23(27-26-20)16-8-7-14-4-1-2-5-15(14)10-16/h1-10,12-13H,11H2,(H,25,28)(H,26,27). The van der Waals surface area contributed by atoms with Gasteiger partial charge in [0.05, 0.1) is 23.3 Å². The number of aromatic amines is 1. The van der Waals surface area contributed by atoms with Gasteiger partial charge in [-0.2, -0.15) is 5.10 Å². The number of fused-ring (bicyclic) bond motifs is 2. The fourth-order valence-corrected chi connectivity index (χ4v) is 4.16. The first-order chi connectivity index (χ1) is 14.2. The highest BCUT2D eigenvalue weighted by molar-refractivity contribution is 7.10. The van der Waals surface area contributed by atoms with Gasteiger partial charge < -0.3 is 5.32 Å². The van der Waals surface area contributed by atoms with E-state index in [4.69, 9.17) is 0 Å². The van der Waals surface area contributed by atoms with Crippen molar-refractivity contribution in [3.05, 3.63) is 82.8 Å². The third kappa shape index (κ3) is 3.39. The zero-order valence-corrected chi connectivity index (χ0v) is 16.1. The van der Waals surface area contributed by atoms with E-state index < -0.39 is 5.82 Å². The number of hydrogen-bond acceptors (Lipinski definition) is 3. The molecule has 3 aromatic carbocycles. The monoisotopic (exact) mass is 401 g/mol. The molecule has 0 aliphatic rings. The summed E-state index contributed by atoms with van der Waals surface area (Å²) in [5.74, 6) is -0.743. The molecule has 29 heavy (non-hydrogen) atoms. The number of H-pyrrole nitrogens is 1. The summed E-state index contributed by atoms with van der Waals surface area (Å²) in [6.07, 6.45) is 0.220. The first-order valence-electron chi connectivity index (χ1n) is 9.16. The molecule has 2 aromatic heterocycles. The average molecular weight is 401 g/mol. The van der Waals surface area contributed by atoms with E-state index in [0.29, 0.717) is 5.52 Å². The molecule has 4 nitrogen and oxygen atoms in total. The van der Waals surface area contributed by atoms with Crippen molar-refractivity contribution in [3.63, 3.8) is 0 Å². The van der Waals surface area contributed by atoms with Crippen LogP contribution in [0.2, 0.25) is 0 Å². The average Bonchev–Trinajstić information content (AvgIpc) is 3.37. The van der Waals surface area contributed by atoms with Crippen molar-refractivity contribution in [2.45, 2.75) is 6.42 Å². The van der Waals surface area contributed by atoms with Crippen LogP contribution in [0.1, 0.15) is 4.88 Å². The Hall–Kier alpha value is -3.51. The van der Waals surface area contributed by atoms with Crippen LogP contribution in [-0.2, 0) is 11.2 Å². The molecule has 0 atom stereocenters. The van der Waals surface area contributed by atoms with Crippen LogP contribution in [-0.4, -0.2) is 16.1 Å². The van der Waals surface area contributed by atoms with Crippen LogP contribution >= 0.6 is 11.3 Å². The lowest BCUT2D eigenvalue weighted by atomic mass is 10.0. The van der Waals surface area contributed by atoms with E-state index in [2.05, 4.69) is 27.6 Å². The summed E-state index contributed by atoms with van der Waals surface area (Å²) in [6, 6.07) is 21.0. The number of amides is 1. The highest BCUT2D eigenvalue weighted by Gasteiger charge is 2.15. The van der Waals surface area contributed by atoms with Gasteiger partial charge in [0.15, 0.2) is 0 Å². The number of anilines is 1. The van der Waals surface area contributed by atoms with Gasteiger partial charge in [-0.3, -0.25) is 9.89 Å². The zero-order chi connectivity index (χ0) is 19.8. The number of carbonyl (C=O) groups is 1. The molecule has 142 valence electrons. The topological polar surface area (TPSA) is 57.8 Å². The van der Waals surface area contributed by atoms with Crippen LogP contribution in [0.4, 0.5) is 10.1 Å². The molecule has 0 aliphatic heterocycles. The number of aromatic nitrogens is 2. The fraction of sp³-hybridized carbons (Fsp3) is 0.0435. The Bertz CT molecular complexity index is 1340. The van der Waals surface area contributed by atoms with Crippen LogP contribution in [0.25, 0.3) is 32.9 Å². The van der Waals surface area contributed by atoms with Crippen molar-refractivity contribution in [2.75, 3.05) is 5.32 Å². The molecule has 0 saturated carbocycles. The van der Waals surface area contributed by atoms with Gasteiger partial charge in [-0.25, -0.2) is 4.39 Å². The molecule has 0 fully saturated rings. The largest absolute Gasteiger partial charge is 0.323 e. The lowest BCUT2D eigenvalue weighted by Gasteiger charge is -2.07. The van der Waals surface area contributed by atoms with E-state index in [1.807, 2.05) is 47.8 Å². The Balaban J connectivity index is 1.52. The Labute approximate surface area is 170 Å². The summed E-state index contributed by atoms with van der Waals surface area (Å²) in [4.78, 5) is 13.2. The summed E-state index contributed by atoms with van der Waals surface area (Å²) < 4.78 is 14.5. The van der Waals surface area contributed by atoms with Gasteiger partial charge in [0, 0.05) is 21.9 Å². The lowest BCUT2D eigenvalue weighted by Crippen LogP contribution is -2.14.